The molecule has 3 rings (SSSR count). The summed E-state index contributed by atoms with van der Waals surface area (Å²) in [6.07, 6.45) is 2.25. The Morgan fingerprint density at radius 3 is 2.89 bits per heavy atom. The largest absolute Gasteiger partial charge is 0.326 e. The quantitative estimate of drug-likeness (QED) is 0.872. The van der Waals surface area contributed by atoms with Crippen LogP contribution in [-0.4, -0.2) is 22.6 Å². The third-order valence-electron chi connectivity index (χ3n) is 3.66. The van der Waals surface area contributed by atoms with E-state index >= 15 is 0 Å². The number of imidazole rings is 1. The van der Waals surface area contributed by atoms with Crippen molar-refractivity contribution in [1.29, 1.82) is 0 Å². The predicted octanol–water partition coefficient (Wildman–Crippen LogP) is 1.98. The molecule has 5 heteroatoms. The van der Waals surface area contributed by atoms with Gasteiger partial charge in [-0.15, -0.1) is 0 Å². The summed E-state index contributed by atoms with van der Waals surface area (Å²) in [7, 11) is 0. The number of fused-ring (bicyclic) bond motifs is 1. The lowest BCUT2D eigenvalue weighted by Gasteiger charge is -2.22. The van der Waals surface area contributed by atoms with Crippen LogP contribution in [0.3, 0.4) is 0 Å². The number of H-pyrrole nitrogens is 1. The highest BCUT2D eigenvalue weighted by Crippen LogP contribution is 2.22. The molecular weight excluding hydrogens is 250 g/mol. The van der Waals surface area contributed by atoms with Gasteiger partial charge in [0.1, 0.15) is 0 Å². The van der Waals surface area contributed by atoms with E-state index in [-0.39, 0.29) is 5.69 Å². The van der Waals surface area contributed by atoms with Gasteiger partial charge in [-0.3, -0.25) is 4.57 Å². The Kier molecular flexibility index (Phi) is 3.14. The second-order valence-electron chi connectivity index (χ2n) is 4.87. The van der Waals surface area contributed by atoms with Crippen molar-refractivity contribution in [2.24, 2.45) is 5.92 Å². The topological polar surface area (TPSA) is 49.8 Å². The number of rotatable bonds is 2. The Labute approximate surface area is 110 Å². The van der Waals surface area contributed by atoms with Crippen molar-refractivity contribution in [3.63, 3.8) is 0 Å². The normalized spacial score (nSPS) is 17.4. The van der Waals surface area contributed by atoms with Crippen LogP contribution in [0.5, 0.6) is 0 Å². The maximum atomic E-state index is 12.0. The fraction of sp³-hybridized carbons (Fsp3) is 0.462. The first kappa shape index (κ1) is 11.8. The summed E-state index contributed by atoms with van der Waals surface area (Å²) in [4.78, 5) is 14.8. The molecule has 0 unspecified atom stereocenters. The van der Waals surface area contributed by atoms with Crippen LogP contribution in [0.4, 0.5) is 0 Å². The molecular formula is C13H16ClN3O. The predicted molar refractivity (Wildman–Crippen MR) is 73.2 cm³/mol. The number of aromatic amines is 1. The fourth-order valence-corrected chi connectivity index (χ4v) is 2.87. The van der Waals surface area contributed by atoms with Crippen LogP contribution in [0, 0.1) is 5.92 Å². The molecule has 2 heterocycles. The number of piperidine rings is 1. The number of nitrogens with zero attached hydrogens (tertiary/aromatic N) is 1. The number of halogens is 1. The van der Waals surface area contributed by atoms with E-state index in [4.69, 9.17) is 11.6 Å². The molecule has 0 atom stereocenters. The first-order chi connectivity index (χ1) is 8.75. The second kappa shape index (κ2) is 4.78. The van der Waals surface area contributed by atoms with Gasteiger partial charge >= 0.3 is 5.69 Å². The lowest BCUT2D eigenvalue weighted by molar-refractivity contribution is 0.333. The highest BCUT2D eigenvalue weighted by Gasteiger charge is 2.17. The zero-order valence-corrected chi connectivity index (χ0v) is 10.8. The van der Waals surface area contributed by atoms with E-state index in [1.807, 2.05) is 16.7 Å². The molecule has 4 nitrogen and oxygen atoms in total. The van der Waals surface area contributed by atoms with Crippen LogP contribution in [0.2, 0.25) is 5.02 Å². The van der Waals surface area contributed by atoms with Crippen molar-refractivity contribution >= 4 is 22.6 Å². The molecule has 1 aliphatic heterocycles. The summed E-state index contributed by atoms with van der Waals surface area (Å²) in [6, 6.07) is 5.63. The molecule has 2 aromatic rings. The second-order valence-corrected chi connectivity index (χ2v) is 5.28. The summed E-state index contributed by atoms with van der Waals surface area (Å²) in [6.45, 7) is 2.87. The van der Waals surface area contributed by atoms with Crippen molar-refractivity contribution in [1.82, 2.24) is 14.9 Å². The van der Waals surface area contributed by atoms with Gasteiger partial charge in [-0.2, -0.15) is 0 Å². The number of hydrogen-bond donors (Lipinski definition) is 2. The van der Waals surface area contributed by atoms with Gasteiger partial charge in [-0.05, 0) is 44.0 Å². The molecule has 1 aliphatic rings. The van der Waals surface area contributed by atoms with Gasteiger partial charge in [0.05, 0.1) is 16.1 Å². The number of aromatic nitrogens is 2. The number of para-hydroxylation sites is 1. The van der Waals surface area contributed by atoms with E-state index in [0.29, 0.717) is 10.9 Å². The summed E-state index contributed by atoms with van der Waals surface area (Å²) < 4.78 is 1.82. The smallest absolute Gasteiger partial charge is 0.317 e. The summed E-state index contributed by atoms with van der Waals surface area (Å²) in [5, 5.41) is 3.94. The third kappa shape index (κ3) is 2.06. The molecule has 1 aromatic heterocycles. The van der Waals surface area contributed by atoms with Crippen molar-refractivity contribution in [3.8, 4) is 0 Å². The average Bonchev–Trinajstić information content (AvgIpc) is 2.70. The van der Waals surface area contributed by atoms with E-state index in [1.165, 1.54) is 0 Å². The SMILES string of the molecule is O=c1[nH]c2c(Cl)cccc2n1CC1CCNCC1. The highest BCUT2D eigenvalue weighted by atomic mass is 35.5. The van der Waals surface area contributed by atoms with Gasteiger partial charge in [0.2, 0.25) is 0 Å². The van der Waals surface area contributed by atoms with Crippen molar-refractivity contribution < 1.29 is 0 Å². The van der Waals surface area contributed by atoms with Crippen LogP contribution < -0.4 is 11.0 Å². The molecule has 1 saturated heterocycles. The Bertz CT molecular complexity index is 610. The fourth-order valence-electron chi connectivity index (χ4n) is 2.65. The van der Waals surface area contributed by atoms with Crippen LogP contribution in [-0.2, 0) is 6.54 Å². The average molecular weight is 266 g/mol. The molecule has 0 bridgehead atoms. The summed E-state index contributed by atoms with van der Waals surface area (Å²) in [5.41, 5.74) is 1.60. The third-order valence-corrected chi connectivity index (χ3v) is 3.97. The van der Waals surface area contributed by atoms with E-state index in [0.717, 1.165) is 43.5 Å². The molecule has 2 N–H and O–H groups in total. The standard InChI is InChI=1S/C13H16ClN3O/c14-10-2-1-3-11-12(10)16-13(18)17(11)8-9-4-6-15-7-5-9/h1-3,9,15H,4-8H2,(H,16,18). The van der Waals surface area contributed by atoms with E-state index in [9.17, 15) is 4.79 Å². The van der Waals surface area contributed by atoms with Crippen molar-refractivity contribution in [2.75, 3.05) is 13.1 Å². The Morgan fingerprint density at radius 2 is 2.11 bits per heavy atom. The molecule has 0 saturated carbocycles. The minimum atomic E-state index is -0.0587. The number of benzene rings is 1. The minimum Gasteiger partial charge on any atom is -0.317 e. The summed E-state index contributed by atoms with van der Waals surface area (Å²) >= 11 is 6.09. The molecule has 0 radical (unpaired) electrons. The molecule has 18 heavy (non-hydrogen) atoms. The van der Waals surface area contributed by atoms with Gasteiger partial charge in [0, 0.05) is 6.54 Å². The van der Waals surface area contributed by atoms with Crippen molar-refractivity contribution in [3.05, 3.63) is 33.7 Å². The van der Waals surface area contributed by atoms with Crippen LogP contribution in [0.25, 0.3) is 11.0 Å². The highest BCUT2D eigenvalue weighted by molar-refractivity contribution is 6.34. The zero-order valence-electron chi connectivity index (χ0n) is 10.1. The lowest BCUT2D eigenvalue weighted by Crippen LogP contribution is -2.31. The van der Waals surface area contributed by atoms with Crippen LogP contribution >= 0.6 is 11.6 Å². The Morgan fingerprint density at radius 1 is 1.33 bits per heavy atom. The van der Waals surface area contributed by atoms with Crippen LogP contribution in [0.15, 0.2) is 23.0 Å². The number of nitrogens with one attached hydrogen (secondary N) is 2. The molecule has 0 aliphatic carbocycles. The molecule has 1 fully saturated rings. The molecule has 96 valence electrons. The van der Waals surface area contributed by atoms with Gasteiger partial charge in [0.25, 0.3) is 0 Å². The maximum Gasteiger partial charge on any atom is 0.326 e. The first-order valence-electron chi connectivity index (χ1n) is 6.33. The van der Waals surface area contributed by atoms with E-state index in [1.54, 1.807) is 6.07 Å². The van der Waals surface area contributed by atoms with Gasteiger partial charge in [0.15, 0.2) is 0 Å². The maximum absolute atomic E-state index is 12.0. The Hall–Kier alpha value is -1.26. The molecule has 0 spiro atoms. The Balaban J connectivity index is 1.98. The van der Waals surface area contributed by atoms with E-state index < -0.39 is 0 Å². The van der Waals surface area contributed by atoms with Crippen LogP contribution in [0.1, 0.15) is 12.8 Å². The monoisotopic (exact) mass is 265 g/mol. The summed E-state index contributed by atoms with van der Waals surface area (Å²) in [5.74, 6) is 0.571. The lowest BCUT2D eigenvalue weighted by atomic mass is 9.98. The van der Waals surface area contributed by atoms with Gasteiger partial charge in [-0.25, -0.2) is 4.79 Å². The minimum absolute atomic E-state index is 0.0587. The number of hydrogen-bond acceptors (Lipinski definition) is 2. The molecule has 0 amide bonds. The van der Waals surface area contributed by atoms with Gasteiger partial charge in [-0.1, -0.05) is 17.7 Å². The van der Waals surface area contributed by atoms with E-state index in [2.05, 4.69) is 10.3 Å². The molecule has 1 aromatic carbocycles. The first-order valence-corrected chi connectivity index (χ1v) is 6.71. The van der Waals surface area contributed by atoms with Gasteiger partial charge < -0.3 is 10.3 Å². The van der Waals surface area contributed by atoms with Crippen molar-refractivity contribution in [2.45, 2.75) is 19.4 Å². The zero-order chi connectivity index (χ0) is 12.5.